The monoisotopic (exact) mass is 494 g/mol. The van der Waals surface area contributed by atoms with Crippen LogP contribution >= 0.6 is 23.2 Å². The minimum absolute atomic E-state index is 0.0296. The van der Waals surface area contributed by atoms with Gasteiger partial charge in [-0.3, -0.25) is 4.79 Å². The molecule has 3 N–H and O–H groups in total. The predicted octanol–water partition coefficient (Wildman–Crippen LogP) is 4.68. The van der Waals surface area contributed by atoms with E-state index in [9.17, 15) is 4.79 Å². The highest BCUT2D eigenvalue weighted by Crippen LogP contribution is 2.37. The number of hydrogen-bond donors (Lipinski definition) is 2. The molecule has 2 aromatic carbocycles. The summed E-state index contributed by atoms with van der Waals surface area (Å²) in [7, 11) is 0. The van der Waals surface area contributed by atoms with E-state index in [1.807, 2.05) is 24.3 Å². The van der Waals surface area contributed by atoms with Gasteiger partial charge in [0.05, 0.1) is 13.2 Å². The van der Waals surface area contributed by atoms with Gasteiger partial charge in [0.15, 0.2) is 5.65 Å². The third-order valence-electron chi connectivity index (χ3n) is 5.53. The molecule has 8 nitrogen and oxygen atoms in total. The van der Waals surface area contributed by atoms with E-state index >= 15 is 0 Å². The number of primary amides is 1. The van der Waals surface area contributed by atoms with Crippen molar-refractivity contribution in [3.8, 4) is 11.1 Å². The van der Waals surface area contributed by atoms with Crippen LogP contribution in [-0.4, -0.2) is 47.2 Å². The molecule has 0 radical (unpaired) electrons. The number of nitrogens with zero attached hydrogens (tertiary/aromatic N) is 4. The van der Waals surface area contributed by atoms with Gasteiger partial charge < -0.3 is 20.7 Å². The lowest BCUT2D eigenvalue weighted by atomic mass is 10.0. The van der Waals surface area contributed by atoms with Gasteiger partial charge in [-0.15, -0.1) is 0 Å². The number of carbonyl (C=O) groups is 1. The molecule has 1 aliphatic heterocycles. The molecule has 0 bridgehead atoms. The number of rotatable bonds is 5. The van der Waals surface area contributed by atoms with E-state index in [0.717, 1.165) is 37.7 Å². The molecular formula is C24H20Cl2N6O2. The highest BCUT2D eigenvalue weighted by Gasteiger charge is 2.19. The van der Waals surface area contributed by atoms with Gasteiger partial charge in [-0.05, 0) is 42.5 Å². The number of pyridine rings is 1. The summed E-state index contributed by atoms with van der Waals surface area (Å²) in [6.07, 6.45) is 1.62. The fourth-order valence-electron chi connectivity index (χ4n) is 3.86. The molecule has 1 aliphatic rings. The maximum atomic E-state index is 12.2. The van der Waals surface area contributed by atoms with Crippen LogP contribution in [0, 0.1) is 0 Å². The van der Waals surface area contributed by atoms with E-state index in [4.69, 9.17) is 33.7 Å². The number of anilines is 3. The Morgan fingerprint density at radius 3 is 2.41 bits per heavy atom. The normalized spacial score (nSPS) is 13.8. The summed E-state index contributed by atoms with van der Waals surface area (Å²) in [6, 6.07) is 14.8. The number of nitrogens with two attached hydrogens (primary N) is 1. The third-order valence-corrected chi connectivity index (χ3v) is 6.16. The van der Waals surface area contributed by atoms with Gasteiger partial charge in [-0.25, -0.2) is 9.97 Å². The third kappa shape index (κ3) is 4.48. The molecule has 2 aromatic heterocycles. The Labute approximate surface area is 205 Å². The Kier molecular flexibility index (Phi) is 6.19. The Hall–Kier alpha value is -3.46. The van der Waals surface area contributed by atoms with Crippen molar-refractivity contribution in [3.05, 3.63) is 70.5 Å². The summed E-state index contributed by atoms with van der Waals surface area (Å²) in [6.45, 7) is 3.21. The van der Waals surface area contributed by atoms with E-state index in [-0.39, 0.29) is 5.69 Å². The second kappa shape index (κ2) is 9.42. The average Bonchev–Trinajstić information content (AvgIpc) is 2.84. The summed E-state index contributed by atoms with van der Waals surface area (Å²) < 4.78 is 5.41. The fraction of sp³-hybridized carbons (Fsp3) is 0.167. The van der Waals surface area contributed by atoms with Crippen LogP contribution in [0.4, 0.5) is 17.3 Å². The zero-order valence-electron chi connectivity index (χ0n) is 18.0. The Morgan fingerprint density at radius 2 is 1.74 bits per heavy atom. The van der Waals surface area contributed by atoms with E-state index in [0.29, 0.717) is 38.2 Å². The van der Waals surface area contributed by atoms with Gasteiger partial charge in [0.1, 0.15) is 5.69 Å². The second-order valence-corrected chi connectivity index (χ2v) is 8.54. The van der Waals surface area contributed by atoms with E-state index in [1.165, 1.54) is 0 Å². The molecule has 0 saturated carbocycles. The van der Waals surface area contributed by atoms with Crippen molar-refractivity contribution in [3.63, 3.8) is 0 Å². The quantitative estimate of drug-likeness (QED) is 0.414. The zero-order chi connectivity index (χ0) is 23.7. The van der Waals surface area contributed by atoms with Crippen LogP contribution in [0.25, 0.3) is 22.2 Å². The number of aromatic nitrogens is 3. The van der Waals surface area contributed by atoms with Crippen molar-refractivity contribution in [2.45, 2.75) is 0 Å². The molecule has 0 atom stereocenters. The van der Waals surface area contributed by atoms with Crippen molar-refractivity contribution in [2.75, 3.05) is 36.5 Å². The van der Waals surface area contributed by atoms with Gasteiger partial charge in [0.2, 0.25) is 5.95 Å². The van der Waals surface area contributed by atoms with Gasteiger partial charge in [0, 0.05) is 57.2 Å². The maximum Gasteiger partial charge on any atom is 0.268 e. The average molecular weight is 495 g/mol. The van der Waals surface area contributed by atoms with E-state index < -0.39 is 5.91 Å². The molecule has 3 heterocycles. The molecule has 172 valence electrons. The molecule has 1 fully saturated rings. The number of amides is 1. The summed E-state index contributed by atoms with van der Waals surface area (Å²) in [5, 5.41) is 4.56. The lowest BCUT2D eigenvalue weighted by Crippen LogP contribution is -2.36. The van der Waals surface area contributed by atoms with Gasteiger partial charge in [-0.1, -0.05) is 29.3 Å². The SMILES string of the molecule is NC(=O)c1nc2nc(Nc3ccc(N4CCOCC4)cc3)ncc2cc1-c1c(Cl)cccc1Cl. The number of halogens is 2. The summed E-state index contributed by atoms with van der Waals surface area (Å²) >= 11 is 12.7. The number of nitrogens with one attached hydrogen (secondary N) is 1. The van der Waals surface area contributed by atoms with Crippen LogP contribution in [-0.2, 0) is 4.74 Å². The summed E-state index contributed by atoms with van der Waals surface area (Å²) in [5.41, 5.74) is 8.84. The van der Waals surface area contributed by atoms with Crippen molar-refractivity contribution in [1.82, 2.24) is 15.0 Å². The highest BCUT2D eigenvalue weighted by atomic mass is 35.5. The minimum atomic E-state index is -0.709. The molecule has 1 saturated heterocycles. The van der Waals surface area contributed by atoms with Crippen molar-refractivity contribution >= 4 is 57.5 Å². The first-order valence-corrected chi connectivity index (χ1v) is 11.4. The molecule has 34 heavy (non-hydrogen) atoms. The smallest absolute Gasteiger partial charge is 0.268 e. The van der Waals surface area contributed by atoms with Crippen molar-refractivity contribution in [2.24, 2.45) is 5.73 Å². The number of ether oxygens (including phenoxy) is 1. The summed E-state index contributed by atoms with van der Waals surface area (Å²) in [4.78, 5) is 27.8. The molecule has 0 unspecified atom stereocenters. The van der Waals surface area contributed by atoms with Crippen LogP contribution < -0.4 is 16.0 Å². The Morgan fingerprint density at radius 1 is 1.03 bits per heavy atom. The minimum Gasteiger partial charge on any atom is -0.378 e. The number of benzene rings is 2. The van der Waals surface area contributed by atoms with Gasteiger partial charge in [-0.2, -0.15) is 4.98 Å². The van der Waals surface area contributed by atoms with Crippen molar-refractivity contribution < 1.29 is 9.53 Å². The lowest BCUT2D eigenvalue weighted by molar-refractivity contribution is 0.0996. The first kappa shape index (κ1) is 22.3. The molecular weight excluding hydrogens is 475 g/mol. The number of hydrogen-bond acceptors (Lipinski definition) is 7. The second-order valence-electron chi connectivity index (χ2n) is 7.72. The molecule has 5 rings (SSSR count). The van der Waals surface area contributed by atoms with Crippen LogP contribution in [0.1, 0.15) is 10.5 Å². The largest absolute Gasteiger partial charge is 0.378 e. The standard InChI is InChI=1S/C24H20Cl2N6O2/c25-18-2-1-3-19(26)20(18)17-12-14-13-28-24(31-23(14)30-21(17)22(27)33)29-15-4-6-16(7-5-15)32-8-10-34-11-9-32/h1-7,12-13H,8-11H2,(H2,27,33)(H,28,29,30,31). The van der Waals surface area contributed by atoms with E-state index in [1.54, 1.807) is 30.5 Å². The number of morpholine rings is 1. The van der Waals surface area contributed by atoms with Crippen LogP contribution in [0.15, 0.2) is 54.7 Å². The summed E-state index contributed by atoms with van der Waals surface area (Å²) in [5.74, 6) is -0.363. The number of fused-ring (bicyclic) bond motifs is 1. The Balaban J connectivity index is 1.46. The molecule has 0 spiro atoms. The lowest BCUT2D eigenvalue weighted by Gasteiger charge is -2.28. The van der Waals surface area contributed by atoms with Crippen molar-refractivity contribution in [1.29, 1.82) is 0 Å². The van der Waals surface area contributed by atoms with Crippen LogP contribution in [0.3, 0.4) is 0 Å². The zero-order valence-corrected chi connectivity index (χ0v) is 19.5. The van der Waals surface area contributed by atoms with E-state index in [2.05, 4.69) is 25.2 Å². The van der Waals surface area contributed by atoms with Crippen LogP contribution in [0.5, 0.6) is 0 Å². The topological polar surface area (TPSA) is 106 Å². The fourth-order valence-corrected chi connectivity index (χ4v) is 4.46. The van der Waals surface area contributed by atoms with Crippen LogP contribution in [0.2, 0.25) is 10.0 Å². The maximum absolute atomic E-state index is 12.2. The molecule has 10 heteroatoms. The molecule has 4 aromatic rings. The molecule has 0 aliphatic carbocycles. The van der Waals surface area contributed by atoms with Gasteiger partial charge >= 0.3 is 0 Å². The first-order chi connectivity index (χ1) is 16.5. The predicted molar refractivity (Wildman–Crippen MR) is 134 cm³/mol. The highest BCUT2D eigenvalue weighted by molar-refractivity contribution is 6.39. The first-order valence-electron chi connectivity index (χ1n) is 10.6. The number of carbonyl (C=O) groups excluding carboxylic acids is 1. The molecule has 1 amide bonds. The Bertz CT molecular complexity index is 1350. The van der Waals surface area contributed by atoms with Gasteiger partial charge in [0.25, 0.3) is 5.91 Å².